The molecule has 0 saturated heterocycles. The minimum atomic E-state index is -0.930. The van der Waals surface area contributed by atoms with Gasteiger partial charge in [0.1, 0.15) is 11.4 Å². The second kappa shape index (κ2) is 6.03. The third-order valence-corrected chi connectivity index (χ3v) is 3.19. The van der Waals surface area contributed by atoms with E-state index >= 15 is 0 Å². The van der Waals surface area contributed by atoms with Crippen LogP contribution >= 0.6 is 0 Å². The van der Waals surface area contributed by atoms with E-state index in [9.17, 15) is 9.59 Å². The topological polar surface area (TPSA) is 78.9 Å². The smallest absolute Gasteiger partial charge is 0.317 e. The molecule has 114 valence electrons. The summed E-state index contributed by atoms with van der Waals surface area (Å²) in [5, 5.41) is 11.2. The van der Waals surface area contributed by atoms with Crippen LogP contribution in [0.15, 0.2) is 24.3 Å². The maximum atomic E-state index is 12.2. The summed E-state index contributed by atoms with van der Waals surface area (Å²) in [6.07, 6.45) is -0.0872. The lowest BCUT2D eigenvalue weighted by Gasteiger charge is -2.29. The molecule has 0 aliphatic carbocycles. The van der Waals surface area contributed by atoms with Gasteiger partial charge in [-0.2, -0.15) is 0 Å². The fraction of sp³-hybridized carbons (Fsp3) is 0.467. The van der Waals surface area contributed by atoms with Crippen LogP contribution in [0.5, 0.6) is 5.75 Å². The van der Waals surface area contributed by atoms with E-state index in [2.05, 4.69) is 5.32 Å². The molecule has 0 atom stereocenters. The van der Waals surface area contributed by atoms with E-state index in [1.54, 1.807) is 4.90 Å². The van der Waals surface area contributed by atoms with Crippen LogP contribution in [0.4, 0.5) is 4.79 Å². The number of nitrogens with zero attached hydrogens (tertiary/aromatic N) is 1. The minimum absolute atomic E-state index is 0.0872. The summed E-state index contributed by atoms with van der Waals surface area (Å²) in [6.45, 7) is 4.84. The van der Waals surface area contributed by atoms with Crippen molar-refractivity contribution in [2.24, 2.45) is 0 Å². The lowest BCUT2D eigenvalue weighted by atomic mass is 10.1. The van der Waals surface area contributed by atoms with E-state index < -0.39 is 11.6 Å². The zero-order valence-corrected chi connectivity index (χ0v) is 12.3. The average molecular weight is 292 g/mol. The van der Waals surface area contributed by atoms with Gasteiger partial charge < -0.3 is 20.1 Å². The van der Waals surface area contributed by atoms with Gasteiger partial charge in [-0.1, -0.05) is 18.2 Å². The third kappa shape index (κ3) is 4.11. The van der Waals surface area contributed by atoms with E-state index in [4.69, 9.17) is 9.84 Å². The van der Waals surface area contributed by atoms with Crippen molar-refractivity contribution in [1.82, 2.24) is 10.2 Å². The summed E-state index contributed by atoms with van der Waals surface area (Å²) in [7, 11) is 0. The van der Waals surface area contributed by atoms with E-state index in [1.165, 1.54) is 0 Å². The summed E-state index contributed by atoms with van der Waals surface area (Å²) in [5.41, 5.74) is 0.438. The maximum Gasteiger partial charge on any atom is 0.317 e. The molecule has 6 heteroatoms. The molecule has 0 bridgehead atoms. The summed E-state index contributed by atoms with van der Waals surface area (Å²) in [5.74, 6) is -0.150. The number of para-hydroxylation sites is 1. The van der Waals surface area contributed by atoms with Gasteiger partial charge in [0.05, 0.1) is 19.5 Å². The SMILES string of the molecule is CC1(C)CN(C(=O)NCCC(=O)O)Cc2ccccc2O1. The number of carbonyl (C=O) groups excluding carboxylic acids is 1. The van der Waals surface area contributed by atoms with Gasteiger partial charge in [-0.3, -0.25) is 4.79 Å². The van der Waals surface area contributed by atoms with Crippen molar-refractivity contribution >= 4 is 12.0 Å². The molecule has 1 aromatic carbocycles. The van der Waals surface area contributed by atoms with Crippen molar-refractivity contribution in [1.29, 1.82) is 0 Å². The Morgan fingerprint density at radius 2 is 2.10 bits per heavy atom. The molecule has 0 saturated carbocycles. The van der Waals surface area contributed by atoms with Crippen molar-refractivity contribution in [3.05, 3.63) is 29.8 Å². The fourth-order valence-electron chi connectivity index (χ4n) is 2.32. The second-order valence-electron chi connectivity index (χ2n) is 5.70. The highest BCUT2D eigenvalue weighted by Crippen LogP contribution is 2.28. The molecule has 1 heterocycles. The first-order valence-corrected chi connectivity index (χ1v) is 6.89. The van der Waals surface area contributed by atoms with Crippen LogP contribution in [0.3, 0.4) is 0 Å². The fourth-order valence-corrected chi connectivity index (χ4v) is 2.32. The highest BCUT2D eigenvalue weighted by molar-refractivity contribution is 5.75. The highest BCUT2D eigenvalue weighted by atomic mass is 16.5. The van der Waals surface area contributed by atoms with Gasteiger partial charge in [-0.15, -0.1) is 0 Å². The Hall–Kier alpha value is -2.24. The van der Waals surface area contributed by atoms with E-state index in [0.717, 1.165) is 11.3 Å². The number of hydrogen-bond donors (Lipinski definition) is 2. The van der Waals surface area contributed by atoms with Gasteiger partial charge in [0, 0.05) is 12.1 Å². The van der Waals surface area contributed by atoms with Gasteiger partial charge in [-0.25, -0.2) is 4.79 Å². The number of amides is 2. The second-order valence-corrected chi connectivity index (χ2v) is 5.70. The Balaban J connectivity index is 2.09. The number of hydrogen-bond acceptors (Lipinski definition) is 3. The van der Waals surface area contributed by atoms with Crippen LogP contribution in [-0.4, -0.2) is 40.7 Å². The van der Waals surface area contributed by atoms with Crippen molar-refractivity contribution in [2.75, 3.05) is 13.1 Å². The molecule has 0 aromatic heterocycles. The third-order valence-electron chi connectivity index (χ3n) is 3.19. The average Bonchev–Trinajstić information content (AvgIpc) is 2.52. The molecule has 2 amide bonds. The molecule has 1 aliphatic rings. The summed E-state index contributed by atoms with van der Waals surface area (Å²) in [6, 6.07) is 7.35. The number of carboxylic acids is 1. The molecule has 0 unspecified atom stereocenters. The lowest BCUT2D eigenvalue weighted by Crippen LogP contribution is -2.47. The van der Waals surface area contributed by atoms with Gasteiger partial charge in [0.25, 0.3) is 0 Å². The number of carboxylic acid groups (broad SMARTS) is 1. The summed E-state index contributed by atoms with van der Waals surface area (Å²) in [4.78, 5) is 24.3. The first kappa shape index (κ1) is 15.2. The Morgan fingerprint density at radius 3 is 2.81 bits per heavy atom. The zero-order chi connectivity index (χ0) is 15.5. The molecular weight excluding hydrogens is 272 g/mol. The predicted molar refractivity (Wildman–Crippen MR) is 77.2 cm³/mol. The number of fused-ring (bicyclic) bond motifs is 1. The van der Waals surface area contributed by atoms with Crippen LogP contribution in [0.1, 0.15) is 25.8 Å². The van der Waals surface area contributed by atoms with Crippen molar-refractivity contribution < 1.29 is 19.4 Å². The molecule has 1 aliphatic heterocycles. The van der Waals surface area contributed by atoms with Crippen molar-refractivity contribution in [3.63, 3.8) is 0 Å². The van der Waals surface area contributed by atoms with E-state index in [0.29, 0.717) is 13.1 Å². The van der Waals surface area contributed by atoms with Gasteiger partial charge in [0.2, 0.25) is 0 Å². The quantitative estimate of drug-likeness (QED) is 0.891. The van der Waals surface area contributed by atoms with Gasteiger partial charge >= 0.3 is 12.0 Å². The number of rotatable bonds is 3. The van der Waals surface area contributed by atoms with Crippen LogP contribution < -0.4 is 10.1 Å². The summed E-state index contributed by atoms with van der Waals surface area (Å²) < 4.78 is 5.95. The zero-order valence-electron chi connectivity index (χ0n) is 12.3. The normalized spacial score (nSPS) is 16.4. The highest BCUT2D eigenvalue weighted by Gasteiger charge is 2.31. The molecular formula is C15H20N2O4. The largest absolute Gasteiger partial charge is 0.486 e. The molecule has 0 fully saturated rings. The number of nitrogens with one attached hydrogen (secondary N) is 1. The Morgan fingerprint density at radius 1 is 1.38 bits per heavy atom. The molecule has 1 aromatic rings. The number of aliphatic carboxylic acids is 1. The first-order valence-electron chi connectivity index (χ1n) is 6.89. The lowest BCUT2D eigenvalue weighted by molar-refractivity contribution is -0.136. The number of carbonyl (C=O) groups is 2. The summed E-state index contributed by atoms with van der Waals surface area (Å²) >= 11 is 0. The first-order chi connectivity index (χ1) is 9.87. The van der Waals surface area contributed by atoms with Crippen LogP contribution in [0, 0.1) is 0 Å². The van der Waals surface area contributed by atoms with Crippen LogP contribution in [0.25, 0.3) is 0 Å². The number of urea groups is 1. The predicted octanol–water partition coefficient (Wildman–Crippen LogP) is 1.84. The molecule has 2 N–H and O–H groups in total. The van der Waals surface area contributed by atoms with Gasteiger partial charge in [-0.05, 0) is 19.9 Å². The number of ether oxygens (including phenoxy) is 1. The van der Waals surface area contributed by atoms with E-state index in [1.807, 2.05) is 38.1 Å². The monoisotopic (exact) mass is 292 g/mol. The number of benzene rings is 1. The van der Waals surface area contributed by atoms with E-state index in [-0.39, 0.29) is 19.0 Å². The molecule has 0 radical (unpaired) electrons. The Labute approximate surface area is 123 Å². The molecule has 0 spiro atoms. The maximum absolute atomic E-state index is 12.2. The van der Waals surface area contributed by atoms with Gasteiger partial charge in [0.15, 0.2) is 0 Å². The van der Waals surface area contributed by atoms with Crippen LogP contribution in [0.2, 0.25) is 0 Å². The van der Waals surface area contributed by atoms with Crippen molar-refractivity contribution in [3.8, 4) is 5.75 Å². The molecule has 6 nitrogen and oxygen atoms in total. The Kier molecular flexibility index (Phi) is 4.35. The molecule has 2 rings (SSSR count). The Bertz CT molecular complexity index is 542. The molecule has 21 heavy (non-hydrogen) atoms. The minimum Gasteiger partial charge on any atom is -0.486 e. The van der Waals surface area contributed by atoms with Crippen LogP contribution in [-0.2, 0) is 11.3 Å². The standard InChI is InChI=1S/C15H20N2O4/c1-15(2)10-17(14(20)16-8-7-13(18)19)9-11-5-3-4-6-12(11)21-15/h3-6H,7-10H2,1-2H3,(H,16,20)(H,18,19). The van der Waals surface area contributed by atoms with Crippen molar-refractivity contribution in [2.45, 2.75) is 32.4 Å².